The van der Waals surface area contributed by atoms with E-state index in [1.165, 1.54) is 49.0 Å². The first-order valence-corrected chi connectivity index (χ1v) is 18.9. The summed E-state index contributed by atoms with van der Waals surface area (Å²) in [7, 11) is 0. The first-order chi connectivity index (χ1) is 26.6. The summed E-state index contributed by atoms with van der Waals surface area (Å²) >= 11 is 0. The maximum absolute atomic E-state index is 9.80. The fourth-order valence-electron chi connectivity index (χ4n) is 8.78. The van der Waals surface area contributed by atoms with Crippen LogP contribution in [0.4, 0.5) is 0 Å². The smallest absolute Gasteiger partial charge is 0.0991 e. The summed E-state index contributed by atoms with van der Waals surface area (Å²) in [4.78, 5) is 5.58. The predicted molar refractivity (Wildman–Crippen MR) is 227 cm³/mol. The van der Waals surface area contributed by atoms with Crippen molar-refractivity contribution in [3.8, 4) is 28.3 Å². The van der Waals surface area contributed by atoms with Crippen LogP contribution < -0.4 is 0 Å². The molecule has 258 valence electrons. The summed E-state index contributed by atoms with van der Waals surface area (Å²) < 4.78 is 0. The van der Waals surface area contributed by atoms with E-state index in [0.29, 0.717) is 5.56 Å². The van der Waals surface area contributed by atoms with Crippen molar-refractivity contribution in [1.82, 2.24) is 0 Å². The van der Waals surface area contributed by atoms with Gasteiger partial charge in [-0.15, -0.1) is 0 Å². The Labute approximate surface area is 317 Å². The third-order valence-electron chi connectivity index (χ3n) is 11.4. The molecule has 0 aromatic heterocycles. The van der Waals surface area contributed by atoms with E-state index in [1.807, 2.05) is 18.2 Å². The molecular weight excluding hydrogens is 653 g/mol. The minimum Gasteiger partial charge on any atom is -0.276 e. The average Bonchev–Trinajstić information content (AvgIpc) is 3.40. The highest BCUT2D eigenvalue weighted by Gasteiger charge is 2.34. The van der Waals surface area contributed by atoms with Crippen LogP contribution in [0.2, 0.25) is 0 Å². The lowest BCUT2D eigenvalue weighted by molar-refractivity contribution is 0.520. The van der Waals surface area contributed by atoms with E-state index in [0.717, 1.165) is 46.4 Å². The highest BCUT2D eigenvalue weighted by Crippen LogP contribution is 2.44. The first kappa shape index (κ1) is 33.3. The lowest BCUT2D eigenvalue weighted by atomic mass is 9.76. The van der Waals surface area contributed by atoms with Gasteiger partial charge in [0.05, 0.1) is 17.7 Å². The summed E-state index contributed by atoms with van der Waals surface area (Å²) in [5, 5.41) is 17.5. The molecule has 0 N–H and O–H groups in total. The topological polar surface area (TPSA) is 36.1 Å². The molecular formula is C52H40N2. The lowest BCUT2D eigenvalue weighted by Gasteiger charge is -2.26. The molecule has 0 aliphatic carbocycles. The molecule has 1 aliphatic heterocycles. The zero-order valence-electron chi connectivity index (χ0n) is 30.4. The molecule has 1 aliphatic rings. The maximum Gasteiger partial charge on any atom is 0.0991 e. The summed E-state index contributed by atoms with van der Waals surface area (Å²) in [6.07, 6.45) is 1.77. The van der Waals surface area contributed by atoms with Crippen LogP contribution in [0.25, 0.3) is 54.6 Å². The van der Waals surface area contributed by atoms with Crippen molar-refractivity contribution >= 4 is 38.0 Å². The second-order valence-electron chi connectivity index (χ2n) is 14.6. The van der Waals surface area contributed by atoms with Crippen molar-refractivity contribution in [3.63, 3.8) is 0 Å². The summed E-state index contributed by atoms with van der Waals surface area (Å²) in [6.45, 7) is 6.95. The van der Waals surface area contributed by atoms with E-state index in [2.05, 4.69) is 165 Å². The van der Waals surface area contributed by atoms with E-state index in [1.54, 1.807) is 0 Å². The third kappa shape index (κ3) is 5.99. The predicted octanol–water partition coefficient (Wildman–Crippen LogP) is 13.7. The Morgan fingerprint density at radius 2 is 1.07 bits per heavy atom. The van der Waals surface area contributed by atoms with E-state index in [4.69, 9.17) is 11.6 Å². The van der Waals surface area contributed by atoms with Crippen LogP contribution in [-0.2, 0) is 0 Å². The Morgan fingerprint density at radius 1 is 0.537 bits per heavy atom. The van der Waals surface area contributed by atoms with Crippen LogP contribution >= 0.6 is 0 Å². The zero-order chi connectivity index (χ0) is 36.6. The summed E-state index contributed by atoms with van der Waals surface area (Å²) in [5.41, 5.74) is 11.0. The lowest BCUT2D eigenvalue weighted by Crippen LogP contribution is -2.22. The van der Waals surface area contributed by atoms with Crippen LogP contribution in [0.5, 0.6) is 0 Å². The number of nitriles is 1. The molecule has 0 amide bonds. The second kappa shape index (κ2) is 14.1. The molecule has 3 unspecified atom stereocenters. The zero-order valence-corrected chi connectivity index (χ0v) is 30.4. The van der Waals surface area contributed by atoms with Gasteiger partial charge in [-0.2, -0.15) is 5.26 Å². The molecule has 2 nitrogen and oxygen atoms in total. The largest absolute Gasteiger partial charge is 0.276 e. The first-order valence-electron chi connectivity index (χ1n) is 18.9. The van der Waals surface area contributed by atoms with Crippen LogP contribution in [-0.4, -0.2) is 5.71 Å². The Morgan fingerprint density at radius 3 is 1.74 bits per heavy atom. The Hall–Kier alpha value is -6.56. The number of aliphatic imine (C=N–C) groups is 1. The molecule has 54 heavy (non-hydrogen) atoms. The van der Waals surface area contributed by atoms with Gasteiger partial charge < -0.3 is 0 Å². The van der Waals surface area contributed by atoms with Crippen molar-refractivity contribution in [2.75, 3.05) is 0 Å². The maximum atomic E-state index is 9.80. The van der Waals surface area contributed by atoms with Gasteiger partial charge in [-0.05, 0) is 126 Å². The second-order valence-corrected chi connectivity index (χ2v) is 14.6. The molecule has 0 saturated heterocycles. The molecule has 9 rings (SSSR count). The van der Waals surface area contributed by atoms with Crippen LogP contribution in [0.3, 0.4) is 0 Å². The van der Waals surface area contributed by atoms with Gasteiger partial charge in [-0.3, -0.25) is 4.99 Å². The van der Waals surface area contributed by atoms with Crippen molar-refractivity contribution in [1.29, 1.82) is 5.26 Å². The molecule has 0 spiro atoms. The molecule has 1 heterocycles. The van der Waals surface area contributed by atoms with E-state index >= 15 is 0 Å². The molecule has 3 atom stereocenters. The van der Waals surface area contributed by atoms with Gasteiger partial charge in [-0.25, -0.2) is 0 Å². The normalized spacial score (nSPS) is 17.3. The highest BCUT2D eigenvalue weighted by atomic mass is 14.8. The minimum absolute atomic E-state index is 0.181. The van der Waals surface area contributed by atoms with Gasteiger partial charge in [0.15, 0.2) is 0 Å². The summed E-state index contributed by atoms with van der Waals surface area (Å²) in [6, 6.07) is 63.0. The van der Waals surface area contributed by atoms with Crippen LogP contribution in [0.1, 0.15) is 54.0 Å². The highest BCUT2D eigenvalue weighted by molar-refractivity contribution is 6.25. The monoisotopic (exact) mass is 692 g/mol. The van der Waals surface area contributed by atoms with Crippen molar-refractivity contribution < 1.29 is 0 Å². The SMILES string of the molecule is C=C1CC(c2ccccc2)C(CC)C(c2cccc(C#N)c2)=NC1c1cccc(-c2cccc(-c3ccc4c5ccccc5c5ccccc5c4c3)c2)c1. The number of hydrogen-bond acceptors (Lipinski definition) is 2. The fraction of sp³-hybridized carbons (Fsp3) is 0.115. The quantitative estimate of drug-likeness (QED) is 0.126. The number of nitrogens with zero attached hydrogens (tertiary/aromatic N) is 2. The molecule has 0 fully saturated rings. The van der Waals surface area contributed by atoms with Gasteiger partial charge in [0.25, 0.3) is 0 Å². The van der Waals surface area contributed by atoms with Gasteiger partial charge in [-0.1, -0.05) is 153 Å². The molecule has 8 aromatic rings. The molecule has 0 radical (unpaired) electrons. The molecule has 8 aromatic carbocycles. The number of hydrogen-bond donors (Lipinski definition) is 0. The fourth-order valence-corrected chi connectivity index (χ4v) is 8.78. The van der Waals surface area contributed by atoms with Gasteiger partial charge in [0.1, 0.15) is 0 Å². The van der Waals surface area contributed by atoms with E-state index < -0.39 is 0 Å². The van der Waals surface area contributed by atoms with Gasteiger partial charge >= 0.3 is 0 Å². The van der Waals surface area contributed by atoms with Gasteiger partial charge in [0, 0.05) is 11.6 Å². The molecule has 0 saturated carbocycles. The number of benzene rings is 8. The van der Waals surface area contributed by atoms with Crippen molar-refractivity contribution in [2.45, 2.75) is 31.7 Å². The van der Waals surface area contributed by atoms with Crippen molar-refractivity contribution in [3.05, 3.63) is 204 Å². The Kier molecular flexibility index (Phi) is 8.70. The van der Waals surface area contributed by atoms with E-state index in [-0.39, 0.29) is 17.9 Å². The van der Waals surface area contributed by atoms with E-state index in [9.17, 15) is 5.26 Å². The third-order valence-corrected chi connectivity index (χ3v) is 11.4. The average molecular weight is 693 g/mol. The minimum atomic E-state index is -0.208. The molecule has 0 bridgehead atoms. The Bertz CT molecular complexity index is 2750. The van der Waals surface area contributed by atoms with Gasteiger partial charge in [0.2, 0.25) is 0 Å². The van der Waals surface area contributed by atoms with Crippen molar-refractivity contribution in [2.24, 2.45) is 10.9 Å². The number of rotatable bonds is 6. The van der Waals surface area contributed by atoms with Crippen LogP contribution in [0, 0.1) is 17.2 Å². The Balaban J connectivity index is 1.12. The standard InChI is InChI=1S/C52H40N2/c1-3-43-49(36-15-5-4-6-16-36)28-34(2)51(54-52(43)41-20-11-14-35(29-41)33-53)42-21-13-19-39(31-42)37-17-12-18-38(30-37)40-26-27-48-46-24-8-7-22-44(46)45-23-9-10-25-47(45)50(48)32-40/h4-27,29-32,43,49,51H,2-3,28H2,1H3. The number of fused-ring (bicyclic) bond motifs is 6. The van der Waals surface area contributed by atoms with Crippen LogP contribution in [0.15, 0.2) is 187 Å². The molecule has 2 heteroatoms. The summed E-state index contributed by atoms with van der Waals surface area (Å²) in [5.74, 6) is 0.412.